The zero-order chi connectivity index (χ0) is 27.9. The Morgan fingerprint density at radius 2 is 1.61 bits per heavy atom. The van der Waals surface area contributed by atoms with Crippen molar-refractivity contribution in [3.63, 3.8) is 0 Å². The molecule has 0 bridgehead atoms. The number of carbonyl (C=O) groups is 2. The molecule has 38 heavy (non-hydrogen) atoms. The summed E-state index contributed by atoms with van der Waals surface area (Å²) in [6.45, 7) is 1.95. The molecule has 2 unspecified atom stereocenters. The lowest BCUT2D eigenvalue weighted by molar-refractivity contribution is -0.135. The highest BCUT2D eigenvalue weighted by Gasteiger charge is 2.33. The molecule has 1 fully saturated rings. The molecule has 1 aliphatic rings. The van der Waals surface area contributed by atoms with E-state index in [0.717, 1.165) is 31.4 Å². The van der Waals surface area contributed by atoms with Crippen LogP contribution in [0.2, 0.25) is 10.0 Å². The Bertz CT molecular complexity index is 1110. The molecule has 0 spiro atoms. The lowest BCUT2D eigenvalue weighted by Crippen LogP contribution is -2.50. The van der Waals surface area contributed by atoms with Crippen molar-refractivity contribution in [2.24, 2.45) is 0 Å². The van der Waals surface area contributed by atoms with E-state index in [-0.39, 0.29) is 18.0 Å². The topological polar surface area (TPSA) is 91.5 Å². The van der Waals surface area contributed by atoms with Gasteiger partial charge in [0, 0.05) is 28.5 Å². The fourth-order valence-electron chi connectivity index (χ4n) is 4.10. The first-order valence-electron chi connectivity index (χ1n) is 12.2. The van der Waals surface area contributed by atoms with Crippen molar-refractivity contribution in [1.29, 1.82) is 0 Å². The number of benzene rings is 2. The van der Waals surface area contributed by atoms with Crippen molar-refractivity contribution < 1.29 is 27.5 Å². The minimum atomic E-state index is -4.48. The Balaban J connectivity index is 1.53. The molecule has 3 rings (SSSR count). The number of anilines is 2. The van der Waals surface area contributed by atoms with Gasteiger partial charge in [0.15, 0.2) is 5.60 Å². The zero-order valence-corrected chi connectivity index (χ0v) is 22.6. The Hall–Kier alpha value is -2.85. The summed E-state index contributed by atoms with van der Waals surface area (Å²) >= 11 is 12.1. The number of nitrogens with one attached hydrogen (secondary N) is 4. The zero-order valence-electron chi connectivity index (χ0n) is 21.1. The van der Waals surface area contributed by atoms with Gasteiger partial charge in [0.1, 0.15) is 12.3 Å². The average molecular weight is 575 g/mol. The Kier molecular flexibility index (Phi) is 10.0. The van der Waals surface area contributed by atoms with E-state index in [4.69, 9.17) is 27.9 Å². The second-order valence-electron chi connectivity index (χ2n) is 9.72. The third kappa shape index (κ3) is 9.47. The highest BCUT2D eigenvalue weighted by molar-refractivity contribution is 6.35. The largest absolute Gasteiger partial charge is 0.476 e. The van der Waals surface area contributed by atoms with E-state index in [2.05, 4.69) is 16.0 Å². The van der Waals surface area contributed by atoms with Gasteiger partial charge in [-0.3, -0.25) is 4.79 Å². The van der Waals surface area contributed by atoms with Crippen LogP contribution in [0.25, 0.3) is 0 Å². The van der Waals surface area contributed by atoms with Crippen LogP contribution in [0.3, 0.4) is 0 Å². The van der Waals surface area contributed by atoms with Gasteiger partial charge in [0.05, 0.1) is 5.02 Å². The molecule has 0 heterocycles. The summed E-state index contributed by atoms with van der Waals surface area (Å²) in [6, 6.07) is 10.6. The minimum absolute atomic E-state index is 0.0654. The molecule has 2 aromatic rings. The number of carbonyl (C=O) groups excluding carboxylic acids is 2. The van der Waals surface area contributed by atoms with Crippen molar-refractivity contribution >= 4 is 46.5 Å². The number of hydrogen-bond acceptors (Lipinski definition) is 4. The monoisotopic (exact) mass is 574 g/mol. The predicted molar refractivity (Wildman–Crippen MR) is 143 cm³/mol. The number of alkyl halides is 3. The smallest absolute Gasteiger partial charge is 0.405 e. The minimum Gasteiger partial charge on any atom is -0.476 e. The van der Waals surface area contributed by atoms with E-state index in [1.807, 2.05) is 0 Å². The van der Waals surface area contributed by atoms with E-state index in [1.165, 1.54) is 0 Å². The Morgan fingerprint density at radius 3 is 2.24 bits per heavy atom. The van der Waals surface area contributed by atoms with Crippen molar-refractivity contribution in [3.05, 3.63) is 52.5 Å². The molecule has 7 nitrogen and oxygen atoms in total. The summed E-state index contributed by atoms with van der Waals surface area (Å²) < 4.78 is 42.6. The van der Waals surface area contributed by atoms with E-state index in [0.29, 0.717) is 27.9 Å². The van der Waals surface area contributed by atoms with Gasteiger partial charge < -0.3 is 26.0 Å². The van der Waals surface area contributed by atoms with Crippen molar-refractivity contribution in [3.8, 4) is 5.75 Å². The molecule has 2 atom stereocenters. The maximum atomic E-state index is 13.1. The van der Waals surface area contributed by atoms with Crippen molar-refractivity contribution in [2.75, 3.05) is 17.2 Å². The summed E-state index contributed by atoms with van der Waals surface area (Å²) in [5.74, 6) is 0.112. The molecule has 0 aromatic heterocycles. The van der Waals surface area contributed by atoms with Crippen molar-refractivity contribution in [1.82, 2.24) is 10.6 Å². The van der Waals surface area contributed by atoms with Gasteiger partial charge in [-0.05, 0) is 75.6 Å². The van der Waals surface area contributed by atoms with E-state index in [9.17, 15) is 22.8 Å². The summed E-state index contributed by atoms with van der Waals surface area (Å²) in [5.41, 5.74) is -0.00409. The first-order valence-corrected chi connectivity index (χ1v) is 13.0. The molecule has 0 saturated heterocycles. The van der Waals surface area contributed by atoms with Gasteiger partial charge in [0.2, 0.25) is 0 Å². The fraction of sp³-hybridized carbons (Fsp3) is 0.462. The molecule has 1 aliphatic carbocycles. The predicted octanol–water partition coefficient (Wildman–Crippen LogP) is 6.76. The van der Waals surface area contributed by atoms with E-state index < -0.39 is 24.4 Å². The molecular formula is C26H31Cl2F3N4O3. The van der Waals surface area contributed by atoms with Crippen LogP contribution in [0.4, 0.5) is 29.3 Å². The molecule has 1 saturated carbocycles. The highest BCUT2D eigenvalue weighted by Crippen LogP contribution is 2.31. The quantitative estimate of drug-likeness (QED) is 0.262. The number of hydrogen-bond donors (Lipinski definition) is 4. The van der Waals surface area contributed by atoms with Gasteiger partial charge >= 0.3 is 12.2 Å². The molecule has 4 N–H and O–H groups in total. The average Bonchev–Trinajstić information content (AvgIpc) is 3.05. The highest BCUT2D eigenvalue weighted by atomic mass is 35.5. The van der Waals surface area contributed by atoms with Gasteiger partial charge in [-0.1, -0.05) is 36.0 Å². The van der Waals surface area contributed by atoms with Crippen molar-refractivity contribution in [2.45, 2.75) is 69.8 Å². The Morgan fingerprint density at radius 1 is 0.974 bits per heavy atom. The molecule has 0 radical (unpaired) electrons. The number of amides is 3. The third-order valence-electron chi connectivity index (χ3n) is 6.03. The van der Waals surface area contributed by atoms with Gasteiger partial charge in [-0.2, -0.15) is 13.2 Å². The van der Waals surface area contributed by atoms with Crippen LogP contribution in [0.5, 0.6) is 5.75 Å². The fourth-order valence-corrected chi connectivity index (χ4v) is 4.55. The van der Waals surface area contributed by atoms with E-state index in [1.54, 1.807) is 61.6 Å². The normalized spacial score (nSPS) is 18.2. The maximum Gasteiger partial charge on any atom is 0.405 e. The van der Waals surface area contributed by atoms with Crippen LogP contribution >= 0.6 is 23.2 Å². The van der Waals surface area contributed by atoms with Crippen LogP contribution in [0.15, 0.2) is 42.5 Å². The summed E-state index contributed by atoms with van der Waals surface area (Å²) in [6.07, 6.45) is -0.0888. The maximum absolute atomic E-state index is 13.1. The molecule has 208 valence electrons. The Labute approximate surface area is 229 Å². The van der Waals surface area contributed by atoms with Gasteiger partial charge in [0.25, 0.3) is 5.91 Å². The number of urea groups is 1. The van der Waals surface area contributed by atoms with E-state index >= 15 is 0 Å². The number of halogens is 5. The van der Waals surface area contributed by atoms with Crippen LogP contribution in [0, 0.1) is 0 Å². The van der Waals surface area contributed by atoms with Crippen LogP contribution in [-0.2, 0) is 4.79 Å². The summed E-state index contributed by atoms with van der Waals surface area (Å²) in [4.78, 5) is 24.7. The first kappa shape index (κ1) is 29.7. The second kappa shape index (κ2) is 12.8. The third-order valence-corrected chi connectivity index (χ3v) is 6.56. The van der Waals surface area contributed by atoms with Crippen LogP contribution in [0.1, 0.15) is 46.0 Å². The van der Waals surface area contributed by atoms with Gasteiger partial charge in [-0.15, -0.1) is 0 Å². The standard InChI is InChI=1S/C26H31Cl2F3N4O3/c1-25(2,38-22-12-7-16(27)13-21(22)28)23(36)34-20-6-4-3-5-19(14-20)33-17-8-10-18(11-9-17)35-24(37)32-15-26(29,30)31/h7-13,19-20,33H,3-6,14-15H2,1-2H3,(H,34,36)(H2,32,35,37). The molecular weight excluding hydrogens is 544 g/mol. The lowest BCUT2D eigenvalue weighted by atomic mass is 10.0. The number of rotatable bonds is 8. The summed E-state index contributed by atoms with van der Waals surface area (Å²) in [7, 11) is 0. The second-order valence-corrected chi connectivity index (χ2v) is 10.6. The molecule has 0 aliphatic heterocycles. The molecule has 2 aromatic carbocycles. The molecule has 3 amide bonds. The summed E-state index contributed by atoms with van der Waals surface area (Å²) in [5, 5.41) is 11.5. The van der Waals surface area contributed by atoms with Crippen LogP contribution < -0.4 is 26.0 Å². The number of ether oxygens (including phenoxy) is 1. The first-order chi connectivity index (χ1) is 17.8. The molecule has 12 heteroatoms. The van der Waals surface area contributed by atoms with Gasteiger partial charge in [-0.25, -0.2) is 4.79 Å². The van der Waals surface area contributed by atoms with Crippen LogP contribution in [-0.4, -0.2) is 42.3 Å². The lowest BCUT2D eigenvalue weighted by Gasteiger charge is -2.29. The SMILES string of the molecule is CC(C)(Oc1ccc(Cl)cc1Cl)C(=O)NC1CCCCC(Nc2ccc(NC(=O)NCC(F)(F)F)cc2)C1.